The van der Waals surface area contributed by atoms with Crippen molar-refractivity contribution in [2.24, 2.45) is 12.5 Å². The van der Waals surface area contributed by atoms with Crippen molar-refractivity contribution < 1.29 is 4.74 Å². The van der Waals surface area contributed by atoms with Gasteiger partial charge in [0.25, 0.3) is 0 Å². The van der Waals surface area contributed by atoms with Crippen molar-refractivity contribution in [2.45, 2.75) is 64.5 Å². The van der Waals surface area contributed by atoms with E-state index in [1.165, 1.54) is 12.8 Å². The highest BCUT2D eigenvalue weighted by Gasteiger charge is 2.44. The molecule has 21 heavy (non-hydrogen) atoms. The fourth-order valence-corrected chi connectivity index (χ4v) is 3.52. The second-order valence-electron chi connectivity index (χ2n) is 7.23. The van der Waals surface area contributed by atoms with Crippen LogP contribution in [0.15, 0.2) is 12.3 Å². The number of hydrogen-bond acceptors (Lipinski definition) is 3. The quantitative estimate of drug-likeness (QED) is 0.876. The largest absolute Gasteiger partial charge is 0.377 e. The summed E-state index contributed by atoms with van der Waals surface area (Å²) in [5.41, 5.74) is 1.54. The molecular weight excluding hydrogens is 262 g/mol. The highest BCUT2D eigenvalue weighted by Crippen LogP contribution is 2.43. The number of rotatable bonds is 6. The van der Waals surface area contributed by atoms with E-state index < -0.39 is 0 Å². The average molecular weight is 293 g/mol. The first kappa shape index (κ1) is 16.5. The molecule has 4 heteroatoms. The van der Waals surface area contributed by atoms with Crippen LogP contribution >= 0.6 is 0 Å². The van der Waals surface area contributed by atoms with Crippen molar-refractivity contribution in [2.75, 3.05) is 13.7 Å². The van der Waals surface area contributed by atoms with Gasteiger partial charge >= 0.3 is 0 Å². The van der Waals surface area contributed by atoms with Crippen molar-refractivity contribution in [3.63, 3.8) is 0 Å². The Balaban J connectivity index is 2.14. The summed E-state index contributed by atoms with van der Waals surface area (Å²) in [5.74, 6) is 0. The highest BCUT2D eigenvalue weighted by atomic mass is 16.5. The molecule has 1 unspecified atom stereocenters. The number of likely N-dealkylation sites (N-methyl/N-ethyl adjacent to an activating group) is 1. The van der Waals surface area contributed by atoms with E-state index in [-0.39, 0.29) is 5.60 Å². The Morgan fingerprint density at radius 2 is 2.00 bits per heavy atom. The lowest BCUT2D eigenvalue weighted by molar-refractivity contribution is -0.0860. The molecule has 1 N–H and O–H groups in total. The van der Waals surface area contributed by atoms with Crippen LogP contribution < -0.4 is 5.32 Å². The van der Waals surface area contributed by atoms with E-state index in [2.05, 4.69) is 37.3 Å². The zero-order valence-corrected chi connectivity index (χ0v) is 14.3. The van der Waals surface area contributed by atoms with Gasteiger partial charge in [0.15, 0.2) is 0 Å². The summed E-state index contributed by atoms with van der Waals surface area (Å²) in [6.07, 6.45) is 7.66. The van der Waals surface area contributed by atoms with Gasteiger partial charge in [0.2, 0.25) is 0 Å². The topological polar surface area (TPSA) is 39.1 Å². The molecule has 0 spiro atoms. The Labute approximate surface area is 129 Å². The molecule has 1 aliphatic carbocycles. The molecule has 1 aliphatic rings. The molecule has 1 saturated carbocycles. The van der Waals surface area contributed by atoms with Crippen molar-refractivity contribution in [1.82, 2.24) is 15.1 Å². The summed E-state index contributed by atoms with van der Waals surface area (Å²) in [7, 11) is 3.85. The Bertz CT molecular complexity index is 443. The minimum Gasteiger partial charge on any atom is -0.377 e. The number of aryl methyl sites for hydroxylation is 1. The zero-order valence-electron chi connectivity index (χ0n) is 14.3. The van der Waals surface area contributed by atoms with Gasteiger partial charge < -0.3 is 10.1 Å². The molecule has 1 aromatic heterocycles. The lowest BCUT2D eigenvalue weighted by atomic mass is 9.68. The number of aromatic nitrogens is 2. The van der Waals surface area contributed by atoms with Gasteiger partial charge in [-0.05, 0) is 43.7 Å². The summed E-state index contributed by atoms with van der Waals surface area (Å²) in [6, 6.07) is 2.44. The third kappa shape index (κ3) is 3.86. The van der Waals surface area contributed by atoms with Crippen LogP contribution in [0.5, 0.6) is 0 Å². The summed E-state index contributed by atoms with van der Waals surface area (Å²) < 4.78 is 7.95. The first-order chi connectivity index (χ1) is 9.91. The second kappa shape index (κ2) is 6.49. The van der Waals surface area contributed by atoms with Gasteiger partial charge in [-0.1, -0.05) is 20.8 Å². The van der Waals surface area contributed by atoms with E-state index in [9.17, 15) is 0 Å². The van der Waals surface area contributed by atoms with Crippen LogP contribution in [0.2, 0.25) is 0 Å². The molecule has 0 aromatic carbocycles. The normalized spacial score (nSPS) is 22.1. The van der Waals surface area contributed by atoms with Crippen LogP contribution in [0.4, 0.5) is 0 Å². The number of nitrogens with one attached hydrogen (secondary N) is 1. The molecule has 1 heterocycles. The Morgan fingerprint density at radius 1 is 1.33 bits per heavy atom. The molecule has 120 valence electrons. The molecular formula is C17H31N3O. The molecule has 4 nitrogen and oxygen atoms in total. The maximum absolute atomic E-state index is 6.07. The van der Waals surface area contributed by atoms with Crippen LogP contribution in [-0.4, -0.2) is 35.1 Å². The monoisotopic (exact) mass is 293 g/mol. The fourth-order valence-electron chi connectivity index (χ4n) is 3.52. The lowest BCUT2D eigenvalue weighted by Crippen LogP contribution is -2.55. The Morgan fingerprint density at radius 3 is 2.48 bits per heavy atom. The molecule has 1 atom stereocenters. The fraction of sp³-hybridized carbons (Fsp3) is 0.824. The van der Waals surface area contributed by atoms with Crippen LogP contribution in [0.3, 0.4) is 0 Å². The van der Waals surface area contributed by atoms with E-state index in [1.54, 1.807) is 0 Å². The van der Waals surface area contributed by atoms with Gasteiger partial charge in [0.05, 0.1) is 11.3 Å². The highest BCUT2D eigenvalue weighted by molar-refractivity contribution is 5.07. The van der Waals surface area contributed by atoms with Crippen LogP contribution in [0, 0.1) is 5.41 Å². The van der Waals surface area contributed by atoms with E-state index in [4.69, 9.17) is 4.74 Å². The van der Waals surface area contributed by atoms with E-state index >= 15 is 0 Å². The molecule has 2 rings (SSSR count). The number of hydrogen-bond donors (Lipinski definition) is 1. The van der Waals surface area contributed by atoms with E-state index in [1.807, 2.05) is 25.0 Å². The minimum atomic E-state index is -0.0525. The van der Waals surface area contributed by atoms with Gasteiger partial charge in [0, 0.05) is 32.8 Å². The van der Waals surface area contributed by atoms with E-state index in [0.29, 0.717) is 11.5 Å². The van der Waals surface area contributed by atoms with Gasteiger partial charge in [0.1, 0.15) is 0 Å². The summed E-state index contributed by atoms with van der Waals surface area (Å²) >= 11 is 0. The maximum Gasteiger partial charge on any atom is 0.0835 e. The molecule has 1 aromatic rings. The average Bonchev–Trinajstić information content (AvgIpc) is 2.85. The predicted molar refractivity (Wildman–Crippen MR) is 86.4 cm³/mol. The SMILES string of the molecule is CCNC(Cc1ccn(C)n1)C1(OC)CCC(C)(C)CC1. The molecule has 0 amide bonds. The van der Waals surface area contributed by atoms with Crippen molar-refractivity contribution in [1.29, 1.82) is 0 Å². The Hall–Kier alpha value is -0.870. The van der Waals surface area contributed by atoms with Crippen molar-refractivity contribution in [3.8, 4) is 0 Å². The molecule has 0 bridgehead atoms. The van der Waals surface area contributed by atoms with Crippen LogP contribution in [0.1, 0.15) is 52.1 Å². The van der Waals surface area contributed by atoms with Crippen LogP contribution in [-0.2, 0) is 18.2 Å². The summed E-state index contributed by atoms with van der Waals surface area (Å²) in [6.45, 7) is 7.87. The number of methoxy groups -OCH3 is 1. The van der Waals surface area contributed by atoms with Gasteiger partial charge in [-0.3, -0.25) is 4.68 Å². The standard InChI is InChI=1S/C17H31N3O/c1-6-18-15(13-14-7-12-20(4)19-14)17(21-5)10-8-16(2,3)9-11-17/h7,12,15,18H,6,8-11,13H2,1-5H3. The molecule has 0 radical (unpaired) electrons. The van der Waals surface area contributed by atoms with Crippen molar-refractivity contribution >= 4 is 0 Å². The van der Waals surface area contributed by atoms with Gasteiger partial charge in [-0.25, -0.2) is 0 Å². The number of nitrogens with zero attached hydrogens (tertiary/aromatic N) is 2. The summed E-state index contributed by atoms with van der Waals surface area (Å²) in [5, 5.41) is 8.20. The first-order valence-electron chi connectivity index (χ1n) is 8.18. The Kier molecular flexibility index (Phi) is 5.10. The molecule has 0 saturated heterocycles. The molecule has 0 aliphatic heterocycles. The third-order valence-electron chi connectivity index (χ3n) is 5.12. The van der Waals surface area contributed by atoms with Gasteiger partial charge in [-0.2, -0.15) is 5.10 Å². The first-order valence-corrected chi connectivity index (χ1v) is 8.18. The molecule has 1 fully saturated rings. The maximum atomic E-state index is 6.07. The minimum absolute atomic E-state index is 0.0525. The zero-order chi connectivity index (χ0) is 15.5. The van der Waals surface area contributed by atoms with E-state index in [0.717, 1.165) is 31.5 Å². The third-order valence-corrected chi connectivity index (χ3v) is 5.12. The second-order valence-corrected chi connectivity index (χ2v) is 7.23. The van der Waals surface area contributed by atoms with Crippen molar-refractivity contribution in [3.05, 3.63) is 18.0 Å². The van der Waals surface area contributed by atoms with Crippen LogP contribution in [0.25, 0.3) is 0 Å². The smallest absolute Gasteiger partial charge is 0.0835 e. The van der Waals surface area contributed by atoms with Gasteiger partial charge in [-0.15, -0.1) is 0 Å². The summed E-state index contributed by atoms with van der Waals surface area (Å²) in [4.78, 5) is 0. The lowest BCUT2D eigenvalue weighted by Gasteiger charge is -2.47. The number of ether oxygens (including phenoxy) is 1. The predicted octanol–water partition coefficient (Wildman–Crippen LogP) is 2.93.